The summed E-state index contributed by atoms with van der Waals surface area (Å²) in [7, 11) is 0. The van der Waals surface area contributed by atoms with E-state index in [1.807, 2.05) is 0 Å². The summed E-state index contributed by atoms with van der Waals surface area (Å²) in [6.45, 7) is 3.67. The molecule has 0 spiro atoms. The Bertz CT molecular complexity index is 145. The van der Waals surface area contributed by atoms with Crippen molar-refractivity contribution in [3.05, 3.63) is 11.9 Å². The zero-order chi connectivity index (χ0) is 6.81. The second kappa shape index (κ2) is 2.52. The number of nitrogens with one attached hydrogen (secondary N) is 1. The smallest absolute Gasteiger partial charge is 0.0972 e. The molecule has 2 heteroatoms. The topological polar surface area (TPSA) is 15.3 Å². The molecule has 0 unspecified atom stereocenters. The molecule has 1 N–H and O–H groups in total. The van der Waals surface area contributed by atoms with Gasteiger partial charge in [0.1, 0.15) is 0 Å². The van der Waals surface area contributed by atoms with Gasteiger partial charge in [0.25, 0.3) is 0 Å². The molecule has 0 aromatic carbocycles. The van der Waals surface area contributed by atoms with E-state index in [0.717, 1.165) is 6.54 Å². The van der Waals surface area contributed by atoms with Gasteiger partial charge >= 0.3 is 0 Å². The van der Waals surface area contributed by atoms with Crippen LogP contribution in [0.25, 0.3) is 0 Å². The Morgan fingerprint density at radius 1 is 1.30 bits per heavy atom. The van der Waals surface area contributed by atoms with Crippen LogP contribution in [0.3, 0.4) is 0 Å². The Kier molecular flexibility index (Phi) is 1.53. The van der Waals surface area contributed by atoms with Crippen molar-refractivity contribution >= 4 is 0 Å². The summed E-state index contributed by atoms with van der Waals surface area (Å²) >= 11 is 0. The molecular formula is C8H14N2. The van der Waals surface area contributed by atoms with Crippen molar-refractivity contribution in [2.24, 2.45) is 0 Å². The van der Waals surface area contributed by atoms with Crippen LogP contribution >= 0.6 is 0 Å². The normalized spacial score (nSPS) is 24.8. The molecule has 0 aromatic heterocycles. The van der Waals surface area contributed by atoms with Crippen molar-refractivity contribution in [3.8, 4) is 0 Å². The molecule has 0 aliphatic carbocycles. The molecular weight excluding hydrogens is 124 g/mol. The quantitative estimate of drug-likeness (QED) is 0.579. The molecule has 0 bridgehead atoms. The molecule has 10 heavy (non-hydrogen) atoms. The number of likely N-dealkylation sites (tertiary alicyclic amines) is 1. The fourth-order valence-corrected chi connectivity index (χ4v) is 1.68. The van der Waals surface area contributed by atoms with Gasteiger partial charge in [0.05, 0.1) is 5.82 Å². The standard InChI is InChI=1S/C8H14N2/c1-2-7-10(6-1)8-4-3-5-9-8/h4,9H,1-3,5-7H2. The predicted molar refractivity (Wildman–Crippen MR) is 41.5 cm³/mol. The largest absolute Gasteiger partial charge is 0.372 e. The minimum atomic E-state index is 1.14. The van der Waals surface area contributed by atoms with Crippen molar-refractivity contribution in [2.45, 2.75) is 19.3 Å². The van der Waals surface area contributed by atoms with E-state index < -0.39 is 0 Å². The van der Waals surface area contributed by atoms with Crippen LogP contribution in [0, 0.1) is 0 Å². The van der Waals surface area contributed by atoms with Gasteiger partial charge in [-0.3, -0.25) is 0 Å². The maximum absolute atomic E-state index is 3.39. The SMILES string of the molecule is C1=C(N2CCCC2)NCC1. The monoisotopic (exact) mass is 138 g/mol. The first kappa shape index (κ1) is 6.08. The van der Waals surface area contributed by atoms with Crippen LogP contribution in [0.4, 0.5) is 0 Å². The number of nitrogens with zero attached hydrogens (tertiary/aromatic N) is 1. The van der Waals surface area contributed by atoms with Gasteiger partial charge in [0, 0.05) is 19.6 Å². The van der Waals surface area contributed by atoms with Crippen molar-refractivity contribution < 1.29 is 0 Å². The summed E-state index contributed by atoms with van der Waals surface area (Å²) in [5, 5.41) is 3.39. The average molecular weight is 138 g/mol. The van der Waals surface area contributed by atoms with Crippen molar-refractivity contribution in [1.82, 2.24) is 10.2 Å². The summed E-state index contributed by atoms with van der Waals surface area (Å²) < 4.78 is 0. The van der Waals surface area contributed by atoms with E-state index in [1.54, 1.807) is 0 Å². The second-order valence-electron chi connectivity index (χ2n) is 3.00. The number of rotatable bonds is 1. The third kappa shape index (κ3) is 0.981. The first-order valence-electron chi connectivity index (χ1n) is 4.16. The van der Waals surface area contributed by atoms with Crippen molar-refractivity contribution in [1.29, 1.82) is 0 Å². The highest BCUT2D eigenvalue weighted by atomic mass is 15.3. The van der Waals surface area contributed by atoms with E-state index in [2.05, 4.69) is 16.3 Å². The fourth-order valence-electron chi connectivity index (χ4n) is 1.68. The molecule has 2 heterocycles. The molecule has 0 aromatic rings. The van der Waals surface area contributed by atoms with Crippen LogP contribution in [-0.2, 0) is 0 Å². The molecule has 2 aliphatic rings. The van der Waals surface area contributed by atoms with Gasteiger partial charge in [-0.15, -0.1) is 0 Å². The first-order chi connectivity index (χ1) is 4.97. The fraction of sp³-hybridized carbons (Fsp3) is 0.750. The lowest BCUT2D eigenvalue weighted by atomic mass is 10.4. The molecule has 0 atom stereocenters. The highest BCUT2D eigenvalue weighted by Gasteiger charge is 2.15. The van der Waals surface area contributed by atoms with Crippen LogP contribution in [0.2, 0.25) is 0 Å². The third-order valence-corrected chi connectivity index (χ3v) is 2.23. The summed E-state index contributed by atoms with van der Waals surface area (Å²) in [5.41, 5.74) is 0. The zero-order valence-electron chi connectivity index (χ0n) is 6.27. The van der Waals surface area contributed by atoms with Crippen LogP contribution in [0.5, 0.6) is 0 Å². The Morgan fingerprint density at radius 3 is 2.70 bits per heavy atom. The van der Waals surface area contributed by atoms with Crippen molar-refractivity contribution in [3.63, 3.8) is 0 Å². The Hall–Kier alpha value is -0.660. The Labute approximate surface area is 61.9 Å². The van der Waals surface area contributed by atoms with E-state index in [9.17, 15) is 0 Å². The molecule has 0 radical (unpaired) electrons. The Balaban J connectivity index is 1.97. The van der Waals surface area contributed by atoms with Gasteiger partial charge in [0.2, 0.25) is 0 Å². The van der Waals surface area contributed by atoms with Gasteiger partial charge < -0.3 is 10.2 Å². The summed E-state index contributed by atoms with van der Waals surface area (Å²) in [5.74, 6) is 1.39. The van der Waals surface area contributed by atoms with E-state index >= 15 is 0 Å². The molecule has 2 nitrogen and oxygen atoms in total. The van der Waals surface area contributed by atoms with Gasteiger partial charge in [0.15, 0.2) is 0 Å². The lowest BCUT2D eigenvalue weighted by Gasteiger charge is -2.18. The number of hydrogen-bond acceptors (Lipinski definition) is 2. The lowest BCUT2D eigenvalue weighted by molar-refractivity contribution is 0.401. The molecule has 1 fully saturated rings. The minimum absolute atomic E-state index is 1.14. The van der Waals surface area contributed by atoms with Gasteiger partial charge in [-0.1, -0.05) is 0 Å². The average Bonchev–Trinajstić information content (AvgIpc) is 2.59. The van der Waals surface area contributed by atoms with Gasteiger partial charge in [-0.05, 0) is 25.3 Å². The molecule has 56 valence electrons. The summed E-state index contributed by atoms with van der Waals surface area (Å²) in [6, 6.07) is 0. The maximum atomic E-state index is 3.39. The van der Waals surface area contributed by atoms with E-state index in [-0.39, 0.29) is 0 Å². The first-order valence-corrected chi connectivity index (χ1v) is 4.16. The lowest BCUT2D eigenvalue weighted by Crippen LogP contribution is -2.26. The molecule has 0 saturated carbocycles. The van der Waals surface area contributed by atoms with Crippen LogP contribution in [0.15, 0.2) is 11.9 Å². The van der Waals surface area contributed by atoms with Crippen LogP contribution < -0.4 is 5.32 Å². The van der Waals surface area contributed by atoms with E-state index in [1.165, 1.54) is 38.2 Å². The summed E-state index contributed by atoms with van der Waals surface area (Å²) in [6.07, 6.45) is 6.27. The van der Waals surface area contributed by atoms with Crippen LogP contribution in [-0.4, -0.2) is 24.5 Å². The van der Waals surface area contributed by atoms with Gasteiger partial charge in [-0.2, -0.15) is 0 Å². The van der Waals surface area contributed by atoms with E-state index in [4.69, 9.17) is 0 Å². The van der Waals surface area contributed by atoms with Crippen LogP contribution in [0.1, 0.15) is 19.3 Å². The minimum Gasteiger partial charge on any atom is -0.372 e. The zero-order valence-corrected chi connectivity index (χ0v) is 6.27. The van der Waals surface area contributed by atoms with Crippen molar-refractivity contribution in [2.75, 3.05) is 19.6 Å². The Morgan fingerprint density at radius 2 is 2.10 bits per heavy atom. The molecule has 1 saturated heterocycles. The van der Waals surface area contributed by atoms with Gasteiger partial charge in [-0.25, -0.2) is 0 Å². The molecule has 0 amide bonds. The second-order valence-corrected chi connectivity index (χ2v) is 3.00. The number of hydrogen-bond donors (Lipinski definition) is 1. The highest BCUT2D eigenvalue weighted by Crippen LogP contribution is 2.15. The predicted octanol–water partition coefficient (Wildman–Crippen LogP) is 0.917. The maximum Gasteiger partial charge on any atom is 0.0972 e. The van der Waals surface area contributed by atoms with E-state index in [0.29, 0.717) is 0 Å². The molecule has 2 aliphatic heterocycles. The third-order valence-electron chi connectivity index (χ3n) is 2.23. The summed E-state index contributed by atoms with van der Waals surface area (Å²) in [4.78, 5) is 2.45. The highest BCUT2D eigenvalue weighted by molar-refractivity contribution is 5.05. The molecule has 2 rings (SSSR count).